The summed E-state index contributed by atoms with van der Waals surface area (Å²) in [5, 5.41) is 3.06. The molecule has 1 aromatic rings. The Bertz CT molecular complexity index is 454. The Labute approximate surface area is 101 Å². The van der Waals surface area contributed by atoms with E-state index in [1.54, 1.807) is 0 Å². The van der Waals surface area contributed by atoms with E-state index < -0.39 is 0 Å². The lowest BCUT2D eigenvalue weighted by Crippen LogP contribution is -2.46. The summed E-state index contributed by atoms with van der Waals surface area (Å²) in [5.41, 5.74) is 8.79. The lowest BCUT2D eigenvalue weighted by molar-refractivity contribution is 0.234. The first-order chi connectivity index (χ1) is 8.25. The first-order valence-electron chi connectivity index (χ1n) is 6.21. The number of nitrogens with one attached hydrogen (secondary N) is 1. The second-order valence-electron chi connectivity index (χ2n) is 4.82. The van der Waals surface area contributed by atoms with Gasteiger partial charge in [-0.15, -0.1) is 0 Å². The van der Waals surface area contributed by atoms with Crippen molar-refractivity contribution >= 4 is 17.4 Å². The van der Waals surface area contributed by atoms with Gasteiger partial charge in [-0.2, -0.15) is 0 Å². The van der Waals surface area contributed by atoms with Crippen molar-refractivity contribution in [3.8, 4) is 0 Å². The van der Waals surface area contributed by atoms with Crippen molar-refractivity contribution in [2.75, 3.05) is 17.2 Å². The second kappa shape index (κ2) is 3.95. The van der Waals surface area contributed by atoms with Gasteiger partial charge >= 0.3 is 6.03 Å². The van der Waals surface area contributed by atoms with E-state index in [2.05, 4.69) is 5.32 Å². The zero-order valence-corrected chi connectivity index (χ0v) is 9.78. The highest BCUT2D eigenvalue weighted by molar-refractivity contribution is 5.95. The molecule has 0 bridgehead atoms. The topological polar surface area (TPSA) is 58.4 Å². The predicted molar refractivity (Wildman–Crippen MR) is 68.1 cm³/mol. The first-order valence-corrected chi connectivity index (χ1v) is 6.21. The van der Waals surface area contributed by atoms with Crippen LogP contribution in [0.2, 0.25) is 0 Å². The third-order valence-corrected chi connectivity index (χ3v) is 3.74. The highest BCUT2D eigenvalue weighted by Gasteiger charge is 2.28. The Hall–Kier alpha value is -1.71. The Balaban J connectivity index is 1.78. The third kappa shape index (κ3) is 1.73. The molecule has 2 amide bonds. The molecule has 1 saturated carbocycles. The maximum Gasteiger partial charge on any atom is 0.322 e. The van der Waals surface area contributed by atoms with Crippen LogP contribution in [0.3, 0.4) is 0 Å². The molecule has 1 aliphatic carbocycles. The summed E-state index contributed by atoms with van der Waals surface area (Å²) in [6, 6.07) is 6.18. The van der Waals surface area contributed by atoms with E-state index in [0.717, 1.165) is 42.7 Å². The number of hydrogen-bond acceptors (Lipinski definition) is 2. The first kappa shape index (κ1) is 10.4. The summed E-state index contributed by atoms with van der Waals surface area (Å²) in [6.07, 6.45) is 4.32. The van der Waals surface area contributed by atoms with Crippen molar-refractivity contribution in [2.45, 2.75) is 31.7 Å². The maximum absolute atomic E-state index is 12.1. The van der Waals surface area contributed by atoms with Crippen LogP contribution < -0.4 is 16.0 Å². The van der Waals surface area contributed by atoms with Gasteiger partial charge in [0.05, 0.1) is 5.69 Å². The number of rotatable bonds is 1. The number of fused-ring (bicyclic) bond motifs is 1. The molecule has 0 aromatic heterocycles. The number of nitrogens with two attached hydrogens (primary N) is 1. The Morgan fingerprint density at radius 2 is 2.24 bits per heavy atom. The van der Waals surface area contributed by atoms with Crippen molar-refractivity contribution in [3.05, 3.63) is 23.8 Å². The van der Waals surface area contributed by atoms with Gasteiger partial charge in [-0.3, -0.25) is 4.90 Å². The van der Waals surface area contributed by atoms with E-state index in [0.29, 0.717) is 6.04 Å². The molecule has 1 heterocycles. The molecular formula is C13H17N3O. The molecule has 0 spiro atoms. The number of amides is 2. The van der Waals surface area contributed by atoms with Crippen LogP contribution in [-0.4, -0.2) is 18.6 Å². The summed E-state index contributed by atoms with van der Waals surface area (Å²) in [7, 11) is 0. The number of urea groups is 1. The van der Waals surface area contributed by atoms with Crippen LogP contribution >= 0.6 is 0 Å². The molecule has 1 aliphatic heterocycles. The van der Waals surface area contributed by atoms with Gasteiger partial charge in [-0.25, -0.2) is 4.79 Å². The minimum Gasteiger partial charge on any atom is -0.398 e. The highest BCUT2D eigenvalue weighted by Crippen LogP contribution is 2.32. The van der Waals surface area contributed by atoms with Crippen LogP contribution in [0.1, 0.15) is 24.8 Å². The lowest BCUT2D eigenvalue weighted by Gasteiger charge is -2.29. The minimum absolute atomic E-state index is 0.0269. The third-order valence-electron chi connectivity index (χ3n) is 3.74. The fraction of sp³-hybridized carbons (Fsp3) is 0.462. The molecular weight excluding hydrogens is 214 g/mol. The van der Waals surface area contributed by atoms with E-state index in [9.17, 15) is 4.79 Å². The monoisotopic (exact) mass is 231 g/mol. The van der Waals surface area contributed by atoms with Gasteiger partial charge in [0.25, 0.3) is 0 Å². The summed E-state index contributed by atoms with van der Waals surface area (Å²) >= 11 is 0. The van der Waals surface area contributed by atoms with Crippen molar-refractivity contribution in [3.63, 3.8) is 0 Å². The van der Waals surface area contributed by atoms with E-state index in [1.807, 2.05) is 23.1 Å². The van der Waals surface area contributed by atoms with Gasteiger partial charge < -0.3 is 11.1 Å². The molecule has 17 heavy (non-hydrogen) atoms. The summed E-state index contributed by atoms with van der Waals surface area (Å²) in [6.45, 7) is 0.738. The average molecular weight is 231 g/mol. The van der Waals surface area contributed by atoms with Crippen LogP contribution in [0, 0.1) is 0 Å². The van der Waals surface area contributed by atoms with Gasteiger partial charge in [0, 0.05) is 23.8 Å². The smallest absolute Gasteiger partial charge is 0.322 e. The Morgan fingerprint density at radius 1 is 1.41 bits per heavy atom. The predicted octanol–water partition coefficient (Wildman–Crippen LogP) is 1.89. The Kier molecular flexibility index (Phi) is 2.42. The normalized spacial score (nSPS) is 18.7. The molecule has 0 unspecified atom stereocenters. The molecule has 4 nitrogen and oxygen atoms in total. The quantitative estimate of drug-likeness (QED) is 0.725. The van der Waals surface area contributed by atoms with E-state index in [4.69, 9.17) is 5.73 Å². The summed E-state index contributed by atoms with van der Waals surface area (Å²) in [5.74, 6) is 0. The molecule has 4 heteroatoms. The fourth-order valence-corrected chi connectivity index (χ4v) is 2.48. The van der Waals surface area contributed by atoms with Crippen LogP contribution in [0.4, 0.5) is 16.2 Å². The number of anilines is 2. The van der Waals surface area contributed by atoms with Crippen molar-refractivity contribution < 1.29 is 4.79 Å². The molecule has 0 atom stereocenters. The zero-order chi connectivity index (χ0) is 11.8. The zero-order valence-electron chi connectivity index (χ0n) is 9.78. The number of nitrogens with zero attached hydrogens (tertiary/aromatic N) is 1. The number of nitrogen functional groups attached to an aromatic ring is 1. The molecule has 1 fully saturated rings. The maximum atomic E-state index is 12.1. The molecule has 2 aliphatic rings. The van der Waals surface area contributed by atoms with Gasteiger partial charge in [0.2, 0.25) is 0 Å². The fourth-order valence-electron chi connectivity index (χ4n) is 2.48. The molecule has 0 radical (unpaired) electrons. The van der Waals surface area contributed by atoms with Crippen LogP contribution in [-0.2, 0) is 6.42 Å². The number of carbonyl (C=O) groups is 1. The van der Waals surface area contributed by atoms with E-state index >= 15 is 0 Å². The molecule has 90 valence electrons. The molecule has 1 aromatic carbocycles. The molecule has 3 N–H and O–H groups in total. The summed E-state index contributed by atoms with van der Waals surface area (Å²) in [4.78, 5) is 13.9. The number of hydrogen-bond donors (Lipinski definition) is 2. The number of benzene rings is 1. The SMILES string of the molecule is Nc1cccc2c1CCN2C(=O)NC1CCC1. The Morgan fingerprint density at radius 3 is 2.94 bits per heavy atom. The van der Waals surface area contributed by atoms with E-state index in [1.165, 1.54) is 6.42 Å². The van der Waals surface area contributed by atoms with E-state index in [-0.39, 0.29) is 6.03 Å². The van der Waals surface area contributed by atoms with Crippen molar-refractivity contribution in [1.29, 1.82) is 0 Å². The molecule has 3 rings (SSSR count). The largest absolute Gasteiger partial charge is 0.398 e. The number of carbonyl (C=O) groups excluding carboxylic acids is 1. The summed E-state index contributed by atoms with van der Waals surface area (Å²) < 4.78 is 0. The van der Waals surface area contributed by atoms with Crippen LogP contribution in [0.15, 0.2) is 18.2 Å². The van der Waals surface area contributed by atoms with Crippen LogP contribution in [0.5, 0.6) is 0 Å². The van der Waals surface area contributed by atoms with Crippen molar-refractivity contribution in [2.24, 2.45) is 0 Å². The van der Waals surface area contributed by atoms with Crippen molar-refractivity contribution in [1.82, 2.24) is 5.32 Å². The van der Waals surface area contributed by atoms with Gasteiger partial charge in [0.15, 0.2) is 0 Å². The lowest BCUT2D eigenvalue weighted by atomic mass is 9.93. The molecule has 0 saturated heterocycles. The minimum atomic E-state index is 0.0269. The van der Waals surface area contributed by atoms with Gasteiger partial charge in [0.1, 0.15) is 0 Å². The standard InChI is InChI=1S/C13H17N3O/c14-11-5-2-6-12-10(11)7-8-16(12)13(17)15-9-3-1-4-9/h2,5-6,9H,1,3-4,7-8,14H2,(H,15,17). The highest BCUT2D eigenvalue weighted by atomic mass is 16.2. The second-order valence-corrected chi connectivity index (χ2v) is 4.82. The van der Waals surface area contributed by atoms with Gasteiger partial charge in [-0.1, -0.05) is 6.07 Å². The van der Waals surface area contributed by atoms with Crippen LogP contribution in [0.25, 0.3) is 0 Å². The van der Waals surface area contributed by atoms with Gasteiger partial charge in [-0.05, 0) is 37.8 Å². The average Bonchev–Trinajstić information content (AvgIpc) is 2.68.